The van der Waals surface area contributed by atoms with E-state index in [1.54, 1.807) is 30.2 Å². The molecule has 11 nitrogen and oxygen atoms in total. The number of imide groups is 1. The summed E-state index contributed by atoms with van der Waals surface area (Å²) < 4.78 is 11.5. The zero-order valence-corrected chi connectivity index (χ0v) is 23.0. The maximum atomic E-state index is 13.3. The molecule has 0 radical (unpaired) electrons. The number of piperazine rings is 1. The molecule has 4 heterocycles. The number of furan rings is 1. The molecule has 1 atom stereocenters. The fourth-order valence-electron chi connectivity index (χ4n) is 5.74. The molecule has 40 heavy (non-hydrogen) atoms. The first-order valence-corrected chi connectivity index (χ1v) is 13.5. The van der Waals surface area contributed by atoms with Gasteiger partial charge in [-0.3, -0.25) is 19.8 Å². The molecule has 11 heteroatoms. The van der Waals surface area contributed by atoms with Gasteiger partial charge in [0.05, 0.1) is 13.7 Å². The van der Waals surface area contributed by atoms with E-state index in [9.17, 15) is 14.4 Å². The number of likely N-dealkylation sites (N-methyl/N-ethyl adjacent to an activating group) is 1. The van der Waals surface area contributed by atoms with E-state index in [2.05, 4.69) is 45.5 Å². The lowest BCUT2D eigenvalue weighted by Crippen LogP contribution is -2.52. The molecule has 210 valence electrons. The lowest BCUT2D eigenvalue weighted by atomic mass is 9.95. The monoisotopic (exact) mass is 546 g/mol. The Hall–Kier alpha value is -4.09. The van der Waals surface area contributed by atoms with Crippen LogP contribution in [-0.2, 0) is 16.9 Å². The standard InChI is InChI=1S/C29H34N6O5/c1-32(2)8-9-33-10-12-34(13-11-33)21-5-7-24-20(14-21)15-25(40-24)29(27(37)30-28(38)31-29)18-35-17-19-4-6-22(39-3)16-23(19)26(35)36/h4-7,14-16H,8-13,17-18H2,1-3H3,(H2,30,31,37,38). The van der Waals surface area contributed by atoms with E-state index in [1.807, 2.05) is 18.2 Å². The summed E-state index contributed by atoms with van der Waals surface area (Å²) in [4.78, 5) is 47.5. The van der Waals surface area contributed by atoms with E-state index in [1.165, 1.54) is 0 Å². The van der Waals surface area contributed by atoms with Gasteiger partial charge in [0.25, 0.3) is 11.8 Å². The first-order valence-electron chi connectivity index (χ1n) is 13.5. The molecule has 0 aliphatic carbocycles. The van der Waals surface area contributed by atoms with Crippen molar-refractivity contribution in [2.75, 3.05) is 71.9 Å². The molecule has 0 spiro atoms. The predicted octanol–water partition coefficient (Wildman–Crippen LogP) is 1.82. The highest BCUT2D eigenvalue weighted by molar-refractivity contribution is 6.08. The van der Waals surface area contributed by atoms with Crippen LogP contribution in [0, 0.1) is 0 Å². The lowest BCUT2D eigenvalue weighted by molar-refractivity contribution is -0.125. The molecule has 1 aromatic heterocycles. The Morgan fingerprint density at radius 1 is 1.02 bits per heavy atom. The number of amides is 4. The van der Waals surface area contributed by atoms with Crippen LogP contribution in [0.2, 0.25) is 0 Å². The Morgan fingerprint density at radius 3 is 2.52 bits per heavy atom. The molecule has 1 unspecified atom stereocenters. The van der Waals surface area contributed by atoms with Crippen LogP contribution in [0.1, 0.15) is 21.7 Å². The van der Waals surface area contributed by atoms with E-state index in [0.717, 1.165) is 55.9 Å². The second-order valence-electron chi connectivity index (χ2n) is 11.0. The first kappa shape index (κ1) is 26.1. The number of nitrogens with zero attached hydrogens (tertiary/aromatic N) is 4. The number of carbonyl (C=O) groups excluding carboxylic acids is 3. The van der Waals surface area contributed by atoms with Gasteiger partial charge < -0.3 is 29.2 Å². The van der Waals surface area contributed by atoms with Crippen molar-refractivity contribution in [3.8, 4) is 5.75 Å². The van der Waals surface area contributed by atoms with Crippen molar-refractivity contribution in [3.63, 3.8) is 0 Å². The van der Waals surface area contributed by atoms with E-state index in [-0.39, 0.29) is 18.2 Å². The van der Waals surface area contributed by atoms with Crippen LogP contribution < -0.4 is 20.3 Å². The maximum Gasteiger partial charge on any atom is 0.322 e. The van der Waals surface area contributed by atoms with Gasteiger partial charge in [0, 0.05) is 62.5 Å². The second kappa shape index (κ2) is 10.1. The number of anilines is 1. The van der Waals surface area contributed by atoms with E-state index in [4.69, 9.17) is 9.15 Å². The lowest BCUT2D eigenvalue weighted by Gasteiger charge is -2.36. The van der Waals surface area contributed by atoms with Crippen molar-refractivity contribution in [3.05, 3.63) is 59.4 Å². The predicted molar refractivity (Wildman–Crippen MR) is 150 cm³/mol. The molecule has 0 saturated carbocycles. The van der Waals surface area contributed by atoms with Gasteiger partial charge in [0.15, 0.2) is 5.54 Å². The molecule has 3 aliphatic heterocycles. The zero-order chi connectivity index (χ0) is 28.0. The number of ether oxygens (including phenoxy) is 1. The molecule has 6 rings (SSSR count). The topological polar surface area (TPSA) is 111 Å². The summed E-state index contributed by atoms with van der Waals surface area (Å²) in [5.41, 5.74) is 1.51. The molecule has 3 aliphatic rings. The minimum absolute atomic E-state index is 0.0675. The number of nitrogens with one attached hydrogen (secondary N) is 2. The minimum Gasteiger partial charge on any atom is -0.497 e. The Morgan fingerprint density at radius 2 is 1.82 bits per heavy atom. The third-order valence-corrected chi connectivity index (χ3v) is 8.09. The van der Waals surface area contributed by atoms with Crippen LogP contribution in [0.15, 0.2) is 46.9 Å². The van der Waals surface area contributed by atoms with Gasteiger partial charge in [-0.1, -0.05) is 6.07 Å². The number of fused-ring (bicyclic) bond motifs is 2. The third kappa shape index (κ3) is 4.65. The second-order valence-corrected chi connectivity index (χ2v) is 11.0. The van der Waals surface area contributed by atoms with Crippen molar-refractivity contribution >= 4 is 34.5 Å². The normalized spacial score (nSPS) is 21.4. The largest absolute Gasteiger partial charge is 0.497 e. The maximum absolute atomic E-state index is 13.3. The van der Waals surface area contributed by atoms with E-state index in [0.29, 0.717) is 23.4 Å². The van der Waals surface area contributed by atoms with E-state index >= 15 is 0 Å². The number of rotatable bonds is 8. The summed E-state index contributed by atoms with van der Waals surface area (Å²) in [6.07, 6.45) is 0. The molecule has 4 amide bonds. The summed E-state index contributed by atoms with van der Waals surface area (Å²) in [7, 11) is 5.73. The fraction of sp³-hybridized carbons (Fsp3) is 0.414. The molecule has 3 aromatic rings. The number of methoxy groups -OCH3 is 1. The van der Waals surface area contributed by atoms with Crippen LogP contribution in [-0.4, -0.2) is 99.6 Å². The van der Waals surface area contributed by atoms with Gasteiger partial charge >= 0.3 is 6.03 Å². The molecular formula is C29H34N6O5. The average molecular weight is 547 g/mol. The number of urea groups is 1. The molecule has 2 aromatic carbocycles. The Bertz CT molecular complexity index is 1480. The van der Waals surface area contributed by atoms with Gasteiger partial charge in [-0.2, -0.15) is 0 Å². The van der Waals surface area contributed by atoms with Gasteiger partial charge in [0.1, 0.15) is 17.1 Å². The highest BCUT2D eigenvalue weighted by Crippen LogP contribution is 2.36. The van der Waals surface area contributed by atoms with Crippen molar-refractivity contribution in [1.29, 1.82) is 0 Å². The van der Waals surface area contributed by atoms with Gasteiger partial charge in [-0.15, -0.1) is 0 Å². The third-order valence-electron chi connectivity index (χ3n) is 8.09. The minimum atomic E-state index is -1.55. The fourth-order valence-corrected chi connectivity index (χ4v) is 5.74. The van der Waals surface area contributed by atoms with Gasteiger partial charge in [0.2, 0.25) is 0 Å². The van der Waals surface area contributed by atoms with E-state index < -0.39 is 17.5 Å². The SMILES string of the molecule is COc1ccc2c(c1)C(=O)N(CC1(c3cc4cc(N5CCN(CCN(C)C)CC5)ccc4o3)NC(=O)NC1=O)C2. The number of hydrogen-bond donors (Lipinski definition) is 2. The molecule has 0 bridgehead atoms. The van der Waals surface area contributed by atoms with Crippen molar-refractivity contribution in [2.45, 2.75) is 12.1 Å². The van der Waals surface area contributed by atoms with Crippen LogP contribution in [0.5, 0.6) is 5.75 Å². The molecule has 2 saturated heterocycles. The molecule has 2 N–H and O–H groups in total. The zero-order valence-electron chi connectivity index (χ0n) is 23.0. The van der Waals surface area contributed by atoms with Crippen molar-refractivity contribution in [2.24, 2.45) is 0 Å². The van der Waals surface area contributed by atoms with Gasteiger partial charge in [-0.25, -0.2) is 4.79 Å². The van der Waals surface area contributed by atoms with Crippen LogP contribution in [0.3, 0.4) is 0 Å². The Balaban J connectivity index is 1.24. The molecule has 2 fully saturated rings. The Labute approximate surface area is 232 Å². The highest BCUT2D eigenvalue weighted by Gasteiger charge is 2.53. The number of hydrogen-bond acceptors (Lipinski definition) is 8. The summed E-state index contributed by atoms with van der Waals surface area (Å²) >= 11 is 0. The summed E-state index contributed by atoms with van der Waals surface area (Å²) in [6, 6.07) is 12.5. The summed E-state index contributed by atoms with van der Waals surface area (Å²) in [5.74, 6) is 0.0915. The average Bonchev–Trinajstić information content (AvgIpc) is 3.60. The quantitative estimate of drug-likeness (QED) is 0.412. The summed E-state index contributed by atoms with van der Waals surface area (Å²) in [6.45, 7) is 6.18. The molecular weight excluding hydrogens is 512 g/mol. The number of benzene rings is 2. The van der Waals surface area contributed by atoms with Crippen molar-refractivity contribution in [1.82, 2.24) is 25.3 Å². The van der Waals surface area contributed by atoms with Gasteiger partial charge in [-0.05, 0) is 56.1 Å². The van der Waals surface area contributed by atoms with Crippen LogP contribution in [0.25, 0.3) is 11.0 Å². The first-order chi connectivity index (χ1) is 19.3. The summed E-state index contributed by atoms with van der Waals surface area (Å²) in [5, 5.41) is 5.93. The number of carbonyl (C=O) groups is 3. The highest BCUT2D eigenvalue weighted by atomic mass is 16.5. The van der Waals surface area contributed by atoms with Crippen LogP contribution >= 0.6 is 0 Å². The van der Waals surface area contributed by atoms with Crippen molar-refractivity contribution < 1.29 is 23.5 Å². The van der Waals surface area contributed by atoms with Crippen LogP contribution in [0.4, 0.5) is 10.5 Å². The smallest absolute Gasteiger partial charge is 0.322 e. The Kier molecular flexibility index (Phi) is 6.63.